The zero-order chi connectivity index (χ0) is 10.7. The van der Waals surface area contributed by atoms with Gasteiger partial charge in [-0.05, 0) is 0 Å². The number of nitrogens with one attached hydrogen (secondary N) is 1. The van der Waals surface area contributed by atoms with Crippen molar-refractivity contribution in [2.24, 2.45) is 0 Å². The summed E-state index contributed by atoms with van der Waals surface area (Å²) >= 11 is 2.99. The molecule has 0 fully saturated rings. The predicted octanol–water partition coefficient (Wildman–Crippen LogP) is 1.70. The van der Waals surface area contributed by atoms with Crippen LogP contribution in [0.5, 0.6) is 0 Å². The lowest BCUT2D eigenvalue weighted by Gasteiger charge is -2.06. The number of rotatable bonds is 3. The van der Waals surface area contributed by atoms with Gasteiger partial charge in [-0.3, -0.25) is 4.79 Å². The summed E-state index contributed by atoms with van der Waals surface area (Å²) in [5.74, 6) is 0. The second-order valence-corrected chi connectivity index (χ2v) is 3.19. The Morgan fingerprint density at radius 2 is 2.21 bits per heavy atom. The van der Waals surface area contributed by atoms with E-state index in [0.29, 0.717) is 0 Å². The molecule has 0 spiro atoms. The summed E-state index contributed by atoms with van der Waals surface area (Å²) in [6.45, 7) is -0.544. The zero-order valence-corrected chi connectivity index (χ0v) is 8.64. The van der Waals surface area contributed by atoms with E-state index in [4.69, 9.17) is 5.11 Å². The monoisotopic (exact) mass is 267 g/mol. The van der Waals surface area contributed by atoms with Crippen LogP contribution >= 0.6 is 15.9 Å². The fourth-order valence-corrected chi connectivity index (χ4v) is 1.55. The summed E-state index contributed by atoms with van der Waals surface area (Å²) in [6, 6.07) is 0. The van der Waals surface area contributed by atoms with E-state index in [1.165, 1.54) is 6.20 Å². The molecule has 0 saturated carbocycles. The van der Waals surface area contributed by atoms with E-state index in [0.717, 1.165) is 0 Å². The molecule has 0 aliphatic heterocycles. The van der Waals surface area contributed by atoms with Crippen molar-refractivity contribution in [3.63, 3.8) is 0 Å². The Morgan fingerprint density at radius 3 is 2.64 bits per heavy atom. The lowest BCUT2D eigenvalue weighted by molar-refractivity contribution is 0.148. The third-order valence-electron chi connectivity index (χ3n) is 1.80. The van der Waals surface area contributed by atoms with Crippen molar-refractivity contribution in [1.29, 1.82) is 0 Å². The summed E-state index contributed by atoms with van der Waals surface area (Å²) in [7, 11) is 0. The molecule has 0 aromatic carbocycles. The van der Waals surface area contributed by atoms with E-state index in [2.05, 4.69) is 20.9 Å². The van der Waals surface area contributed by atoms with Crippen LogP contribution in [0, 0.1) is 0 Å². The first-order valence-electron chi connectivity index (χ1n) is 3.80. The molecule has 78 valence electrons. The maximum absolute atomic E-state index is 12.5. The second kappa shape index (κ2) is 4.65. The number of alkyl halides is 3. The fourth-order valence-electron chi connectivity index (χ4n) is 1.09. The van der Waals surface area contributed by atoms with Gasteiger partial charge in [0, 0.05) is 22.8 Å². The van der Waals surface area contributed by atoms with Gasteiger partial charge < -0.3 is 10.1 Å². The maximum atomic E-state index is 12.5. The van der Waals surface area contributed by atoms with E-state index >= 15 is 0 Å². The molecule has 14 heavy (non-hydrogen) atoms. The predicted molar refractivity (Wildman–Crippen MR) is 50.6 cm³/mol. The van der Waals surface area contributed by atoms with Crippen LogP contribution in [0.2, 0.25) is 0 Å². The Kier molecular flexibility index (Phi) is 3.77. The first-order chi connectivity index (χ1) is 6.61. The lowest BCUT2D eigenvalue weighted by atomic mass is 10.1. The molecular formula is C8H8BrF2NO2. The van der Waals surface area contributed by atoms with E-state index in [1.807, 2.05) is 0 Å². The van der Waals surface area contributed by atoms with Crippen molar-refractivity contribution >= 4 is 15.9 Å². The first kappa shape index (κ1) is 11.3. The Labute approximate surface area is 86.9 Å². The van der Waals surface area contributed by atoms with Crippen LogP contribution in [0.1, 0.15) is 23.2 Å². The molecule has 0 saturated heterocycles. The first-order valence-corrected chi connectivity index (χ1v) is 4.92. The normalized spacial score (nSPS) is 10.9. The van der Waals surface area contributed by atoms with Crippen molar-refractivity contribution in [2.45, 2.75) is 18.4 Å². The molecule has 3 nitrogen and oxygen atoms in total. The molecule has 1 rings (SSSR count). The summed E-state index contributed by atoms with van der Waals surface area (Å²) in [5, 5.41) is 8.86. The van der Waals surface area contributed by atoms with Crippen LogP contribution in [-0.4, -0.2) is 10.1 Å². The van der Waals surface area contributed by atoms with Crippen molar-refractivity contribution < 1.29 is 13.9 Å². The summed E-state index contributed by atoms with van der Waals surface area (Å²) < 4.78 is 24.9. The highest BCUT2D eigenvalue weighted by molar-refractivity contribution is 9.08. The third-order valence-corrected chi connectivity index (χ3v) is 2.36. The van der Waals surface area contributed by atoms with Gasteiger partial charge in [-0.1, -0.05) is 15.9 Å². The topological polar surface area (TPSA) is 53.1 Å². The maximum Gasteiger partial charge on any atom is 0.269 e. The van der Waals surface area contributed by atoms with Crippen LogP contribution in [0.3, 0.4) is 0 Å². The minimum Gasteiger partial charge on any atom is -0.391 e. The number of aromatic amines is 1. The van der Waals surface area contributed by atoms with Crippen molar-refractivity contribution in [3.8, 4) is 0 Å². The zero-order valence-electron chi connectivity index (χ0n) is 7.06. The van der Waals surface area contributed by atoms with Crippen LogP contribution in [-0.2, 0) is 11.9 Å². The number of aromatic nitrogens is 1. The Hall–Kier alpha value is -0.750. The molecule has 0 atom stereocenters. The van der Waals surface area contributed by atoms with Crippen molar-refractivity contribution in [3.05, 3.63) is 33.2 Å². The van der Waals surface area contributed by atoms with Gasteiger partial charge in [0.05, 0.1) is 12.2 Å². The number of halogens is 3. The Balaban J connectivity index is 3.39. The van der Waals surface area contributed by atoms with Gasteiger partial charge in [0.25, 0.3) is 6.43 Å². The van der Waals surface area contributed by atoms with Crippen molar-refractivity contribution in [2.75, 3.05) is 0 Å². The molecule has 0 radical (unpaired) electrons. The Bertz CT molecular complexity index is 378. The van der Waals surface area contributed by atoms with E-state index in [9.17, 15) is 13.6 Å². The van der Waals surface area contributed by atoms with Crippen molar-refractivity contribution in [1.82, 2.24) is 4.98 Å². The highest BCUT2D eigenvalue weighted by Gasteiger charge is 2.18. The van der Waals surface area contributed by atoms with E-state index in [1.54, 1.807) is 0 Å². The lowest BCUT2D eigenvalue weighted by Crippen LogP contribution is -2.18. The van der Waals surface area contributed by atoms with Crippen LogP contribution in [0.15, 0.2) is 11.0 Å². The molecule has 0 aliphatic rings. The van der Waals surface area contributed by atoms with Gasteiger partial charge in [-0.25, -0.2) is 8.78 Å². The van der Waals surface area contributed by atoms with Gasteiger partial charge in [0.1, 0.15) is 0 Å². The van der Waals surface area contributed by atoms with Crippen LogP contribution < -0.4 is 5.43 Å². The molecule has 1 aromatic rings. The average molecular weight is 268 g/mol. The minimum absolute atomic E-state index is 0.0509. The number of aliphatic hydroxyl groups excluding tert-OH is 1. The number of aliphatic hydroxyl groups is 1. The SMILES string of the molecule is O=c1c(CO)c[nH]c(CBr)c1C(F)F. The van der Waals surface area contributed by atoms with E-state index in [-0.39, 0.29) is 16.6 Å². The van der Waals surface area contributed by atoms with E-state index < -0.39 is 24.0 Å². The van der Waals surface area contributed by atoms with Gasteiger partial charge in [0.15, 0.2) is 5.43 Å². The molecule has 0 aliphatic carbocycles. The number of hydrogen-bond acceptors (Lipinski definition) is 2. The molecule has 2 N–H and O–H groups in total. The fraction of sp³-hybridized carbons (Fsp3) is 0.375. The largest absolute Gasteiger partial charge is 0.391 e. The molecule has 0 amide bonds. The second-order valence-electron chi connectivity index (χ2n) is 2.63. The quantitative estimate of drug-likeness (QED) is 0.820. The number of pyridine rings is 1. The molecule has 0 unspecified atom stereocenters. The standard InChI is InChI=1S/C8H8BrF2NO2/c9-1-5-6(8(10)11)7(14)4(3-13)2-12-5/h2,8,13H,1,3H2,(H,12,14). The summed E-state index contributed by atoms with van der Waals surface area (Å²) in [5.41, 5.74) is -1.28. The highest BCUT2D eigenvalue weighted by atomic mass is 79.9. The molecule has 1 heterocycles. The highest BCUT2D eigenvalue weighted by Crippen LogP contribution is 2.20. The van der Waals surface area contributed by atoms with Gasteiger partial charge in [-0.2, -0.15) is 0 Å². The average Bonchev–Trinajstić information content (AvgIpc) is 2.16. The van der Waals surface area contributed by atoms with Gasteiger partial charge >= 0.3 is 0 Å². The number of hydrogen-bond donors (Lipinski definition) is 2. The van der Waals surface area contributed by atoms with Gasteiger partial charge in [-0.15, -0.1) is 0 Å². The van der Waals surface area contributed by atoms with Gasteiger partial charge in [0.2, 0.25) is 0 Å². The molecule has 0 bridgehead atoms. The van der Waals surface area contributed by atoms with Crippen LogP contribution in [0.4, 0.5) is 8.78 Å². The molecule has 1 aromatic heterocycles. The summed E-state index contributed by atoms with van der Waals surface area (Å²) in [6.07, 6.45) is -1.59. The molecular weight excluding hydrogens is 260 g/mol. The number of H-pyrrole nitrogens is 1. The van der Waals surface area contributed by atoms with Crippen LogP contribution in [0.25, 0.3) is 0 Å². The smallest absolute Gasteiger partial charge is 0.269 e. The minimum atomic E-state index is -2.84. The Morgan fingerprint density at radius 1 is 1.57 bits per heavy atom. The third kappa shape index (κ3) is 2.01. The molecule has 6 heteroatoms. The summed E-state index contributed by atoms with van der Waals surface area (Å²) in [4.78, 5) is 13.9.